The zero-order chi connectivity index (χ0) is 60.8. The zero-order valence-corrected chi connectivity index (χ0v) is 59.4. The Labute approximate surface area is 538 Å². The molecule has 84 heavy (non-hydrogen) atoms. The number of unbranched alkanes of at least 4 members (excludes halogenated alkanes) is 36. The molecule has 1 aliphatic heterocycles. The van der Waals surface area contributed by atoms with E-state index in [0.717, 1.165) is 75.6 Å². The molecule has 0 unspecified atom stereocenters. The second kappa shape index (κ2) is 58.7. The minimum absolute atomic E-state index is 0. The first-order valence-electron chi connectivity index (χ1n) is 37.6. The van der Waals surface area contributed by atoms with Crippen molar-refractivity contribution >= 4 is 11.4 Å². The van der Waals surface area contributed by atoms with Crippen LogP contribution in [0, 0.1) is 13.8 Å². The van der Waals surface area contributed by atoms with Gasteiger partial charge in [-0.15, -0.1) is 0 Å². The molecule has 0 atom stereocenters. The number of rotatable bonds is 53. The average Bonchev–Trinajstić information content (AvgIpc) is 1.89. The molecule has 0 spiro atoms. The fraction of sp³-hybridized carbons (Fsp3) is 0.778. The third-order valence-electron chi connectivity index (χ3n) is 18.1. The molecule has 2 nitrogen and oxygen atoms in total. The Morgan fingerprint density at radius 2 is 0.500 bits per heavy atom. The van der Waals surface area contributed by atoms with Crippen LogP contribution in [0.5, 0.6) is 0 Å². The van der Waals surface area contributed by atoms with E-state index in [-0.39, 0.29) is 16.5 Å². The molecule has 0 saturated heterocycles. The van der Waals surface area contributed by atoms with Crippen LogP contribution in [0.1, 0.15) is 416 Å². The summed E-state index contributed by atoms with van der Waals surface area (Å²) in [7, 11) is 0. The first-order valence-corrected chi connectivity index (χ1v) is 37.6. The Kier molecular flexibility index (Phi) is 57.3. The van der Waals surface area contributed by atoms with Crippen molar-refractivity contribution in [1.82, 2.24) is 0 Å². The van der Waals surface area contributed by atoms with Gasteiger partial charge in [0.05, 0.1) is 0 Å². The fourth-order valence-corrected chi connectivity index (χ4v) is 12.8. The second-order valence-electron chi connectivity index (χ2n) is 25.8. The molecule has 0 N–H and O–H groups in total. The number of aryl methyl sites for hydroxylation is 4. The number of benzene rings is 2. The molecule has 1 heterocycles. The summed E-state index contributed by atoms with van der Waals surface area (Å²) in [6.07, 6.45) is 69.5. The monoisotopic (exact) mass is 1200 g/mol. The van der Waals surface area contributed by atoms with Crippen LogP contribution < -0.4 is 0 Å². The number of allylic oxidation sites excluding steroid dienone is 2. The molecule has 0 radical (unpaired) electrons. The van der Waals surface area contributed by atoms with E-state index in [2.05, 4.69) is 107 Å². The van der Waals surface area contributed by atoms with Gasteiger partial charge in [-0.25, -0.2) is 4.70 Å². The Hall–Kier alpha value is -1.99. The van der Waals surface area contributed by atoms with Crippen molar-refractivity contribution in [2.24, 2.45) is 0 Å². The summed E-state index contributed by atoms with van der Waals surface area (Å²) < 4.78 is 1.68. The predicted octanol–water partition coefficient (Wildman–Crippen LogP) is 28.3. The van der Waals surface area contributed by atoms with Crippen molar-refractivity contribution in [3.63, 3.8) is 0 Å². The second-order valence-corrected chi connectivity index (χ2v) is 25.8. The number of hydrogen-bond acceptors (Lipinski definition) is 0. The Balaban J connectivity index is 0.00000170. The average molecular weight is 1200 g/mol. The predicted molar refractivity (Wildman–Crippen MR) is 377 cm³/mol. The zero-order valence-electron chi connectivity index (χ0n) is 58.4. The van der Waals surface area contributed by atoms with Gasteiger partial charge >= 0.3 is 16.5 Å². The normalized spacial score (nSPS) is 12.3. The van der Waals surface area contributed by atoms with Crippen molar-refractivity contribution in [2.75, 3.05) is 0 Å². The van der Waals surface area contributed by atoms with Crippen molar-refractivity contribution in [1.29, 1.82) is 0 Å². The van der Waals surface area contributed by atoms with Crippen LogP contribution in [0.2, 0.25) is 0 Å². The van der Waals surface area contributed by atoms with Crippen LogP contribution in [-0.2, 0) is 55.0 Å². The Morgan fingerprint density at radius 1 is 0.274 bits per heavy atom. The molecule has 0 saturated carbocycles. The minimum atomic E-state index is 0. The van der Waals surface area contributed by atoms with Gasteiger partial charge in [-0.1, -0.05) is 300 Å². The maximum absolute atomic E-state index is 12.6. The van der Waals surface area contributed by atoms with Crippen LogP contribution in [-0.4, -0.2) is 4.70 Å². The molecule has 488 valence electrons. The van der Waals surface area contributed by atoms with E-state index in [4.69, 9.17) is 0 Å². The van der Waals surface area contributed by atoms with Crippen molar-refractivity contribution in [3.05, 3.63) is 99.3 Å². The quantitative estimate of drug-likeness (QED) is 0.0273. The maximum Gasteiger partial charge on any atom is 2.00 e. The Morgan fingerprint density at radius 3 is 0.798 bits per heavy atom. The summed E-state index contributed by atoms with van der Waals surface area (Å²) in [5.74, 6) is 0. The van der Waals surface area contributed by atoms with Crippen LogP contribution >= 0.6 is 0 Å². The number of hydrogen-bond donors (Lipinski definition) is 0. The standard InChI is InChI=1S/C49H78N2.2C16H33.Ni/c1-9-17-24-29-40-36-42(37-41(30-25-18-10-2)46(40)33-26-19-11-3)48-44(16-8)47(32-23-15-7)49(51(48)50)43-34-38(27-20-12-4)45(31-22-14-6)39(35-43)28-21-13-5;2*1-3-5-7-9-11-13-15-16-14-12-10-8-6-4-2;/h34-37H,9-33H2,1-8H3;2*1,3-16H2,2H3;/q;2*-1;+2. The third-order valence-corrected chi connectivity index (χ3v) is 18.1. The summed E-state index contributed by atoms with van der Waals surface area (Å²) in [5, 5.41) is 0. The molecule has 3 rings (SSSR count). The maximum atomic E-state index is 12.6. The van der Waals surface area contributed by atoms with Crippen molar-refractivity contribution in [3.8, 4) is 0 Å². The summed E-state index contributed by atoms with van der Waals surface area (Å²) in [5.41, 5.74) is 29.4. The van der Waals surface area contributed by atoms with E-state index in [0.29, 0.717) is 0 Å². The van der Waals surface area contributed by atoms with Crippen LogP contribution in [0.4, 0.5) is 0 Å². The van der Waals surface area contributed by atoms with Gasteiger partial charge in [-0.2, -0.15) is 12.8 Å². The van der Waals surface area contributed by atoms with E-state index in [1.165, 1.54) is 309 Å². The first kappa shape index (κ1) is 82.0. The van der Waals surface area contributed by atoms with Crippen LogP contribution in [0.15, 0.2) is 35.4 Å². The molecule has 0 bridgehead atoms. The van der Waals surface area contributed by atoms with E-state index in [1.54, 1.807) is 27.0 Å². The smallest absolute Gasteiger partial charge is 0.493 e. The third kappa shape index (κ3) is 36.5. The Bertz CT molecular complexity index is 1780. The van der Waals surface area contributed by atoms with Gasteiger partial charge in [-0.3, -0.25) is 0 Å². The summed E-state index contributed by atoms with van der Waals surface area (Å²) >= 11 is 0. The van der Waals surface area contributed by atoms with E-state index < -0.39 is 0 Å². The molecule has 3 heteroatoms. The molecule has 1 aliphatic rings. The van der Waals surface area contributed by atoms with Crippen molar-refractivity contribution in [2.45, 2.75) is 410 Å². The van der Waals surface area contributed by atoms with E-state index in [1.807, 2.05) is 0 Å². The van der Waals surface area contributed by atoms with E-state index >= 15 is 0 Å². The van der Waals surface area contributed by atoms with Gasteiger partial charge in [-0.05, 0) is 154 Å². The van der Waals surface area contributed by atoms with Crippen LogP contribution in [0.25, 0.3) is 16.9 Å². The van der Waals surface area contributed by atoms with Gasteiger partial charge < -0.3 is 19.4 Å². The SMILES string of the molecule is CCCCCc1cc(C2=C(CC)C(CCCC)=C(c3cc(CCCC)c(CCCC)c(CCCC)c3)[N+]2=[N-])cc(CCCCC)c1CCCCC.[CH2-]CCCCCCCCCCCCCCC.[CH2-]CCCCCCCCCCCCCCC.[Ni+2]. The van der Waals surface area contributed by atoms with Crippen molar-refractivity contribution < 1.29 is 21.2 Å². The molecular weight excluding hydrogens is 1060 g/mol. The van der Waals surface area contributed by atoms with Gasteiger partial charge in [0, 0.05) is 22.3 Å². The molecule has 0 aromatic heterocycles. The minimum Gasteiger partial charge on any atom is -0.493 e. The van der Waals surface area contributed by atoms with Gasteiger partial charge in [0.25, 0.3) is 0 Å². The molecule has 0 amide bonds. The van der Waals surface area contributed by atoms with Crippen LogP contribution in [0.3, 0.4) is 0 Å². The fourth-order valence-electron chi connectivity index (χ4n) is 12.8. The molecule has 2 aromatic rings. The van der Waals surface area contributed by atoms with E-state index in [9.17, 15) is 5.53 Å². The molecule has 2 aromatic carbocycles. The topological polar surface area (TPSA) is 25.3 Å². The number of nitrogens with zero attached hydrogens (tertiary/aromatic N) is 2. The summed E-state index contributed by atoms with van der Waals surface area (Å²) in [6, 6.07) is 10.0. The molecule has 0 aliphatic carbocycles. The molecule has 0 fully saturated rings. The molecular formula is C81H144N2Ni. The summed E-state index contributed by atoms with van der Waals surface area (Å²) in [4.78, 5) is 0. The summed E-state index contributed by atoms with van der Waals surface area (Å²) in [6.45, 7) is 30.8. The van der Waals surface area contributed by atoms with Gasteiger partial charge in [0.1, 0.15) is 0 Å². The first-order chi connectivity index (χ1) is 40.8. The van der Waals surface area contributed by atoms with Gasteiger partial charge in [0.15, 0.2) is 0 Å². The largest absolute Gasteiger partial charge is 2.00 e. The van der Waals surface area contributed by atoms with Gasteiger partial charge in [0.2, 0.25) is 11.4 Å².